The molecule has 0 saturated carbocycles. The zero-order chi connectivity index (χ0) is 22.7. The zero-order valence-corrected chi connectivity index (χ0v) is 17.3. The summed E-state index contributed by atoms with van der Waals surface area (Å²) in [7, 11) is 1.25. The van der Waals surface area contributed by atoms with E-state index in [1.165, 1.54) is 7.11 Å². The number of ether oxygens (including phenoxy) is 2. The predicted octanol–water partition coefficient (Wildman–Crippen LogP) is 3.61. The third-order valence-electron chi connectivity index (χ3n) is 4.87. The van der Waals surface area contributed by atoms with Gasteiger partial charge in [0.1, 0.15) is 23.1 Å². The fraction of sp³-hybridized carbons (Fsp3) is 0.182. The van der Waals surface area contributed by atoms with Gasteiger partial charge in [0, 0.05) is 23.8 Å². The smallest absolute Gasteiger partial charge is 0.306 e. The molecule has 2 aromatic heterocycles. The number of carbonyl (C=O) groups is 2. The second-order valence-electron chi connectivity index (χ2n) is 6.93. The Morgan fingerprint density at radius 3 is 2.53 bits per heavy atom. The van der Waals surface area contributed by atoms with Gasteiger partial charge >= 0.3 is 5.97 Å². The summed E-state index contributed by atoms with van der Waals surface area (Å²) >= 11 is 0. The number of nitrogens with zero attached hydrogens (tertiary/aromatic N) is 5. The summed E-state index contributed by atoms with van der Waals surface area (Å²) in [6, 6.07) is 12.6. The van der Waals surface area contributed by atoms with Crippen molar-refractivity contribution in [2.75, 3.05) is 12.4 Å². The van der Waals surface area contributed by atoms with Crippen LogP contribution in [-0.4, -0.2) is 39.5 Å². The van der Waals surface area contributed by atoms with Gasteiger partial charge in [-0.05, 0) is 43.3 Å². The van der Waals surface area contributed by atoms with Crippen molar-refractivity contribution < 1.29 is 19.1 Å². The van der Waals surface area contributed by atoms with E-state index >= 15 is 0 Å². The minimum Gasteiger partial charge on any atom is -0.469 e. The molecule has 0 saturated heterocycles. The van der Waals surface area contributed by atoms with E-state index in [0.29, 0.717) is 22.9 Å². The molecule has 1 aliphatic heterocycles. The number of nitrogens with one attached hydrogen (secondary N) is 1. The average Bonchev–Trinajstić information content (AvgIpc) is 3.15. The van der Waals surface area contributed by atoms with Crippen LogP contribution in [0.5, 0.6) is 11.5 Å². The Kier molecular flexibility index (Phi) is 5.63. The van der Waals surface area contributed by atoms with Gasteiger partial charge in [-0.3, -0.25) is 14.6 Å². The number of hydrogen-bond acceptors (Lipinski definition) is 9. The normalized spacial score (nSPS) is 14.7. The first-order chi connectivity index (χ1) is 15.5. The van der Waals surface area contributed by atoms with Crippen LogP contribution < -0.4 is 10.1 Å². The molecule has 10 heteroatoms. The SMILES string of the molecule is COC(=O)CC1C(=O)n2nc(Nc3ccc(Oc4ccncc4)cc3)c(C#N)c2N=C1C. The van der Waals surface area contributed by atoms with Crippen molar-refractivity contribution in [3.63, 3.8) is 0 Å². The van der Waals surface area contributed by atoms with E-state index in [1.807, 2.05) is 6.07 Å². The number of aliphatic imine (C=N–C) groups is 1. The third-order valence-corrected chi connectivity index (χ3v) is 4.87. The van der Waals surface area contributed by atoms with Crippen molar-refractivity contribution in [1.82, 2.24) is 14.8 Å². The molecule has 0 amide bonds. The number of pyridine rings is 1. The number of anilines is 2. The van der Waals surface area contributed by atoms with Crippen molar-refractivity contribution in [3.8, 4) is 17.6 Å². The summed E-state index contributed by atoms with van der Waals surface area (Å²) in [6.45, 7) is 1.64. The van der Waals surface area contributed by atoms with Crippen LogP contribution >= 0.6 is 0 Å². The van der Waals surface area contributed by atoms with E-state index in [0.717, 1.165) is 4.68 Å². The molecule has 1 aliphatic rings. The number of methoxy groups -OCH3 is 1. The molecule has 0 radical (unpaired) electrons. The minimum atomic E-state index is -0.793. The molecule has 1 aromatic carbocycles. The van der Waals surface area contributed by atoms with E-state index in [-0.39, 0.29) is 23.6 Å². The van der Waals surface area contributed by atoms with Gasteiger partial charge in [0.15, 0.2) is 11.6 Å². The van der Waals surface area contributed by atoms with Crippen molar-refractivity contribution in [2.45, 2.75) is 13.3 Å². The Bertz CT molecular complexity index is 1240. The molecular formula is C22H18N6O4. The molecule has 1 N–H and O–H groups in total. The van der Waals surface area contributed by atoms with Gasteiger partial charge in [-0.1, -0.05) is 0 Å². The Balaban J connectivity index is 1.57. The van der Waals surface area contributed by atoms with Gasteiger partial charge in [0.25, 0.3) is 5.91 Å². The number of fused-ring (bicyclic) bond motifs is 1. The van der Waals surface area contributed by atoms with E-state index in [9.17, 15) is 14.9 Å². The molecule has 0 spiro atoms. The average molecular weight is 430 g/mol. The first-order valence-corrected chi connectivity index (χ1v) is 9.64. The molecule has 0 bridgehead atoms. The van der Waals surface area contributed by atoms with Crippen LogP contribution in [0.3, 0.4) is 0 Å². The second kappa shape index (κ2) is 8.69. The molecule has 0 fully saturated rings. The van der Waals surface area contributed by atoms with Crippen LogP contribution in [0.4, 0.5) is 17.3 Å². The Morgan fingerprint density at radius 2 is 1.88 bits per heavy atom. The van der Waals surface area contributed by atoms with Crippen molar-refractivity contribution in [3.05, 3.63) is 54.4 Å². The first kappa shape index (κ1) is 20.7. The van der Waals surface area contributed by atoms with Gasteiger partial charge in [-0.25, -0.2) is 4.99 Å². The third kappa shape index (κ3) is 4.04. The molecule has 32 heavy (non-hydrogen) atoms. The number of carbonyl (C=O) groups excluding carboxylic acids is 2. The summed E-state index contributed by atoms with van der Waals surface area (Å²) in [5, 5.41) is 16.9. The number of esters is 1. The summed E-state index contributed by atoms with van der Waals surface area (Å²) in [6.07, 6.45) is 3.13. The van der Waals surface area contributed by atoms with Crippen molar-refractivity contribution in [1.29, 1.82) is 5.26 Å². The number of aromatic nitrogens is 3. The summed E-state index contributed by atoms with van der Waals surface area (Å²) in [5.74, 6) is -0.163. The fourth-order valence-corrected chi connectivity index (χ4v) is 3.20. The van der Waals surface area contributed by atoms with Crippen molar-refractivity contribution in [2.24, 2.45) is 10.9 Å². The highest BCUT2D eigenvalue weighted by molar-refractivity contribution is 6.10. The molecule has 10 nitrogen and oxygen atoms in total. The Morgan fingerprint density at radius 1 is 1.19 bits per heavy atom. The monoisotopic (exact) mass is 430 g/mol. The van der Waals surface area contributed by atoms with Gasteiger partial charge < -0.3 is 14.8 Å². The molecule has 4 rings (SSSR count). The maximum atomic E-state index is 12.9. The maximum absolute atomic E-state index is 12.9. The number of nitriles is 1. The van der Waals surface area contributed by atoms with E-state index in [4.69, 9.17) is 4.74 Å². The molecule has 3 heterocycles. The standard InChI is InChI=1S/C22H18N6O4/c1-13-17(11-19(29)31-2)22(30)28-21(25-13)18(12-23)20(27-28)26-14-3-5-15(6-4-14)32-16-7-9-24-10-8-16/h3-10,17H,11H2,1-2H3,(H,26,27). The largest absolute Gasteiger partial charge is 0.469 e. The highest BCUT2D eigenvalue weighted by atomic mass is 16.5. The lowest BCUT2D eigenvalue weighted by molar-refractivity contribution is -0.141. The number of benzene rings is 1. The van der Waals surface area contributed by atoms with Gasteiger partial charge in [-0.2, -0.15) is 9.94 Å². The minimum absolute atomic E-state index is 0.131. The van der Waals surface area contributed by atoms with Gasteiger partial charge in [0.05, 0.1) is 19.4 Å². The fourth-order valence-electron chi connectivity index (χ4n) is 3.20. The predicted molar refractivity (Wildman–Crippen MR) is 114 cm³/mol. The molecule has 3 aromatic rings. The molecule has 1 unspecified atom stereocenters. The van der Waals surface area contributed by atoms with Crippen LogP contribution in [0.1, 0.15) is 23.7 Å². The van der Waals surface area contributed by atoms with E-state index < -0.39 is 17.8 Å². The highest BCUT2D eigenvalue weighted by Crippen LogP contribution is 2.34. The van der Waals surface area contributed by atoms with E-state index in [2.05, 4.69) is 25.1 Å². The summed E-state index contributed by atoms with van der Waals surface area (Å²) < 4.78 is 11.5. The van der Waals surface area contributed by atoms with Crippen LogP contribution in [0.15, 0.2) is 53.8 Å². The lowest BCUT2D eigenvalue weighted by Crippen LogP contribution is -2.33. The quantitative estimate of drug-likeness (QED) is 0.587. The van der Waals surface area contributed by atoms with Crippen molar-refractivity contribution >= 4 is 34.9 Å². The molecular weight excluding hydrogens is 412 g/mol. The van der Waals surface area contributed by atoms with Crippen LogP contribution in [0, 0.1) is 17.2 Å². The maximum Gasteiger partial charge on any atom is 0.306 e. The van der Waals surface area contributed by atoms with Gasteiger partial charge in [0.2, 0.25) is 0 Å². The lowest BCUT2D eigenvalue weighted by atomic mass is 9.98. The van der Waals surface area contributed by atoms with Crippen LogP contribution in [-0.2, 0) is 9.53 Å². The summed E-state index contributed by atoms with van der Waals surface area (Å²) in [4.78, 5) is 32.8. The molecule has 0 aliphatic carbocycles. The van der Waals surface area contributed by atoms with Crippen LogP contribution in [0.25, 0.3) is 0 Å². The number of rotatable bonds is 6. The van der Waals surface area contributed by atoms with Crippen LogP contribution in [0.2, 0.25) is 0 Å². The topological polar surface area (TPSA) is 131 Å². The highest BCUT2D eigenvalue weighted by Gasteiger charge is 2.35. The first-order valence-electron chi connectivity index (χ1n) is 9.64. The Hall–Kier alpha value is -4.52. The van der Waals surface area contributed by atoms with Gasteiger partial charge in [-0.15, -0.1) is 5.10 Å². The number of hydrogen-bond donors (Lipinski definition) is 1. The Labute approximate surface area is 183 Å². The lowest BCUT2D eigenvalue weighted by Gasteiger charge is -2.19. The zero-order valence-electron chi connectivity index (χ0n) is 17.3. The summed E-state index contributed by atoms with van der Waals surface area (Å²) in [5.41, 5.74) is 1.19. The van der Waals surface area contributed by atoms with E-state index in [1.54, 1.807) is 55.7 Å². The molecule has 1 atom stereocenters. The second-order valence-corrected chi connectivity index (χ2v) is 6.93. The molecule has 160 valence electrons.